The van der Waals surface area contributed by atoms with Gasteiger partial charge >= 0.3 is 0 Å². The van der Waals surface area contributed by atoms with Crippen LogP contribution in [-0.2, 0) is 4.79 Å². The Labute approximate surface area is 161 Å². The lowest BCUT2D eigenvalue weighted by Crippen LogP contribution is -3.17. The fourth-order valence-corrected chi connectivity index (χ4v) is 4.83. The molecule has 1 aliphatic carbocycles. The Morgan fingerprint density at radius 1 is 1.26 bits per heavy atom. The molecule has 1 saturated heterocycles. The number of rotatable bonds is 5. The van der Waals surface area contributed by atoms with E-state index in [4.69, 9.17) is 9.47 Å². The summed E-state index contributed by atoms with van der Waals surface area (Å²) in [6.07, 6.45) is 3.49. The number of quaternary nitrogens is 1. The van der Waals surface area contributed by atoms with Crippen molar-refractivity contribution in [1.29, 1.82) is 5.26 Å². The van der Waals surface area contributed by atoms with Crippen LogP contribution >= 0.6 is 0 Å². The number of fused-ring (bicyclic) bond motifs is 2. The Morgan fingerprint density at radius 3 is 2.56 bits per heavy atom. The third-order valence-electron chi connectivity index (χ3n) is 6.97. The maximum absolute atomic E-state index is 12.7. The minimum absolute atomic E-state index is 0.0676. The SMILES string of the molecule is COc1cc(C#N)c(NC(=O)C[NH+]2CC[C@]3(C)C[C@H]2CC3(C)C)cc1OC. The van der Waals surface area contributed by atoms with Gasteiger partial charge in [0.15, 0.2) is 18.0 Å². The quantitative estimate of drug-likeness (QED) is 0.829. The Hall–Kier alpha value is -2.26. The number of methoxy groups -OCH3 is 2. The predicted octanol–water partition coefficient (Wildman–Crippen LogP) is 2.00. The highest BCUT2D eigenvalue weighted by Crippen LogP contribution is 2.54. The lowest BCUT2D eigenvalue weighted by atomic mass is 9.67. The molecule has 6 nitrogen and oxygen atoms in total. The van der Waals surface area contributed by atoms with E-state index in [0.717, 1.165) is 19.4 Å². The summed E-state index contributed by atoms with van der Waals surface area (Å²) in [6.45, 7) is 8.56. The third kappa shape index (κ3) is 3.49. The summed E-state index contributed by atoms with van der Waals surface area (Å²) in [6, 6.07) is 5.89. The van der Waals surface area contributed by atoms with Crippen LogP contribution in [0.4, 0.5) is 5.69 Å². The summed E-state index contributed by atoms with van der Waals surface area (Å²) in [5.41, 5.74) is 1.54. The fraction of sp³-hybridized carbons (Fsp3) is 0.619. The highest BCUT2D eigenvalue weighted by molar-refractivity contribution is 5.93. The molecule has 1 unspecified atom stereocenters. The molecule has 27 heavy (non-hydrogen) atoms. The molecule has 2 N–H and O–H groups in total. The molecule has 0 spiro atoms. The molecule has 2 bridgehead atoms. The minimum atomic E-state index is -0.0676. The van der Waals surface area contributed by atoms with Gasteiger partial charge in [-0.2, -0.15) is 5.26 Å². The van der Waals surface area contributed by atoms with Gasteiger partial charge in [-0.1, -0.05) is 20.8 Å². The van der Waals surface area contributed by atoms with Crippen LogP contribution < -0.4 is 19.7 Å². The number of likely N-dealkylation sites (tertiary alicyclic amines) is 1. The predicted molar refractivity (Wildman–Crippen MR) is 103 cm³/mol. The molecule has 6 heteroatoms. The van der Waals surface area contributed by atoms with Crippen molar-refractivity contribution in [3.8, 4) is 17.6 Å². The zero-order valence-electron chi connectivity index (χ0n) is 16.9. The van der Waals surface area contributed by atoms with Crippen LogP contribution in [0.2, 0.25) is 0 Å². The maximum atomic E-state index is 12.7. The molecule has 3 rings (SSSR count). The van der Waals surface area contributed by atoms with E-state index in [2.05, 4.69) is 32.2 Å². The standard InChI is InChI=1S/C21H29N3O3/c1-20(2)10-15-11-21(20,3)6-7-24(15)13-19(25)23-16-9-18(27-5)17(26-4)8-14(16)12-22/h8-9,15H,6-7,10-11,13H2,1-5H3,(H,23,25)/p+1/t15-,21-/m1/s1. The minimum Gasteiger partial charge on any atom is -0.493 e. The van der Waals surface area contributed by atoms with Crippen LogP contribution in [0.25, 0.3) is 0 Å². The molecule has 1 saturated carbocycles. The van der Waals surface area contributed by atoms with Crippen molar-refractivity contribution in [2.75, 3.05) is 32.6 Å². The number of nitrogens with one attached hydrogen (secondary N) is 2. The van der Waals surface area contributed by atoms with Crippen molar-refractivity contribution < 1.29 is 19.2 Å². The van der Waals surface area contributed by atoms with E-state index in [9.17, 15) is 10.1 Å². The second-order valence-electron chi connectivity index (χ2n) is 8.80. The molecule has 3 atom stereocenters. The summed E-state index contributed by atoms with van der Waals surface area (Å²) in [5, 5.41) is 12.3. The number of hydrogen-bond acceptors (Lipinski definition) is 4. The van der Waals surface area contributed by atoms with Gasteiger partial charge in [-0.3, -0.25) is 4.79 Å². The van der Waals surface area contributed by atoms with Gasteiger partial charge in [-0.05, 0) is 10.8 Å². The number of piperidine rings is 1. The van der Waals surface area contributed by atoms with Gasteiger partial charge in [-0.25, -0.2) is 0 Å². The van der Waals surface area contributed by atoms with Crippen molar-refractivity contribution >= 4 is 11.6 Å². The molecule has 2 aliphatic rings. The molecule has 1 aromatic rings. The first kappa shape index (κ1) is 19.5. The second kappa shape index (κ2) is 7.05. The van der Waals surface area contributed by atoms with E-state index < -0.39 is 0 Å². The van der Waals surface area contributed by atoms with Gasteiger partial charge in [0, 0.05) is 31.4 Å². The van der Waals surface area contributed by atoms with Crippen LogP contribution in [0.5, 0.6) is 11.5 Å². The topological polar surface area (TPSA) is 75.8 Å². The van der Waals surface area contributed by atoms with E-state index in [1.54, 1.807) is 12.1 Å². The summed E-state index contributed by atoms with van der Waals surface area (Å²) >= 11 is 0. The van der Waals surface area contributed by atoms with E-state index in [0.29, 0.717) is 46.2 Å². The first-order chi connectivity index (χ1) is 12.7. The second-order valence-corrected chi connectivity index (χ2v) is 8.80. The lowest BCUT2D eigenvalue weighted by molar-refractivity contribution is -0.922. The Balaban J connectivity index is 1.71. The number of hydrogen-bond donors (Lipinski definition) is 2. The van der Waals surface area contributed by atoms with Crippen molar-refractivity contribution in [3.05, 3.63) is 17.7 Å². The molecule has 146 valence electrons. The van der Waals surface area contributed by atoms with E-state index in [1.807, 2.05) is 0 Å². The zero-order valence-corrected chi connectivity index (χ0v) is 16.9. The van der Waals surface area contributed by atoms with Gasteiger partial charge < -0.3 is 19.7 Å². The van der Waals surface area contributed by atoms with Crippen LogP contribution in [0.15, 0.2) is 12.1 Å². The van der Waals surface area contributed by atoms with Crippen molar-refractivity contribution in [1.82, 2.24) is 0 Å². The largest absolute Gasteiger partial charge is 0.493 e. The summed E-state index contributed by atoms with van der Waals surface area (Å²) < 4.78 is 10.5. The molecule has 0 aromatic heterocycles. The first-order valence-corrected chi connectivity index (χ1v) is 9.53. The highest BCUT2D eigenvalue weighted by Gasteiger charge is 2.56. The van der Waals surface area contributed by atoms with E-state index in [1.165, 1.54) is 25.5 Å². The van der Waals surface area contributed by atoms with Crippen LogP contribution in [0.1, 0.15) is 45.6 Å². The maximum Gasteiger partial charge on any atom is 0.279 e. The van der Waals surface area contributed by atoms with Gasteiger partial charge in [0.2, 0.25) is 0 Å². The highest BCUT2D eigenvalue weighted by atomic mass is 16.5. The average Bonchev–Trinajstić information content (AvgIpc) is 2.82. The van der Waals surface area contributed by atoms with Crippen LogP contribution in [0, 0.1) is 22.2 Å². The molecule has 1 aromatic carbocycles. The fourth-order valence-electron chi connectivity index (χ4n) is 4.83. The average molecular weight is 372 g/mol. The summed E-state index contributed by atoms with van der Waals surface area (Å²) in [5.74, 6) is 0.897. The van der Waals surface area contributed by atoms with Crippen molar-refractivity contribution in [3.63, 3.8) is 0 Å². The lowest BCUT2D eigenvalue weighted by Gasteiger charge is -2.40. The summed E-state index contributed by atoms with van der Waals surface area (Å²) in [7, 11) is 3.06. The van der Waals surface area contributed by atoms with Crippen molar-refractivity contribution in [2.45, 2.75) is 46.1 Å². The van der Waals surface area contributed by atoms with Gasteiger partial charge in [0.1, 0.15) is 6.07 Å². The molecular formula is C21H30N3O3+. The molecule has 0 radical (unpaired) electrons. The molecule has 1 amide bonds. The van der Waals surface area contributed by atoms with Crippen molar-refractivity contribution in [2.24, 2.45) is 10.8 Å². The number of nitriles is 1. The molecule has 1 aliphatic heterocycles. The Kier molecular flexibility index (Phi) is 5.09. The Morgan fingerprint density at radius 2 is 1.93 bits per heavy atom. The number of anilines is 1. The number of carbonyl (C=O) groups is 1. The normalized spacial score (nSPS) is 28.3. The van der Waals surface area contributed by atoms with Gasteiger partial charge in [-0.15, -0.1) is 0 Å². The molecule has 1 heterocycles. The van der Waals surface area contributed by atoms with E-state index in [-0.39, 0.29) is 5.91 Å². The van der Waals surface area contributed by atoms with Gasteiger partial charge in [0.05, 0.1) is 38.1 Å². The number of carbonyl (C=O) groups excluding carboxylic acids is 1. The number of nitrogens with zero attached hydrogens (tertiary/aromatic N) is 1. The van der Waals surface area contributed by atoms with Gasteiger partial charge in [0.25, 0.3) is 5.91 Å². The third-order valence-corrected chi connectivity index (χ3v) is 6.97. The Bertz CT molecular complexity index is 782. The number of amides is 1. The van der Waals surface area contributed by atoms with Crippen LogP contribution in [-0.4, -0.2) is 39.3 Å². The number of benzene rings is 1. The first-order valence-electron chi connectivity index (χ1n) is 9.53. The smallest absolute Gasteiger partial charge is 0.279 e. The molecular weight excluding hydrogens is 342 g/mol. The monoisotopic (exact) mass is 372 g/mol. The van der Waals surface area contributed by atoms with E-state index >= 15 is 0 Å². The van der Waals surface area contributed by atoms with Crippen LogP contribution in [0.3, 0.4) is 0 Å². The summed E-state index contributed by atoms with van der Waals surface area (Å²) in [4.78, 5) is 14.1. The molecule has 2 fully saturated rings. The number of ether oxygens (including phenoxy) is 2. The zero-order chi connectivity index (χ0) is 19.8.